The first-order valence-corrected chi connectivity index (χ1v) is 8.35. The van der Waals surface area contributed by atoms with E-state index >= 15 is 0 Å². The molecule has 0 N–H and O–H groups in total. The molecule has 2 rings (SSSR count). The highest BCUT2D eigenvalue weighted by Crippen LogP contribution is 2.34. The number of aromatic nitrogens is 2. The van der Waals surface area contributed by atoms with Crippen LogP contribution in [0.5, 0.6) is 0 Å². The van der Waals surface area contributed by atoms with Gasteiger partial charge in [0.15, 0.2) is 0 Å². The highest BCUT2D eigenvalue weighted by Gasteiger charge is 2.33. The van der Waals surface area contributed by atoms with Gasteiger partial charge in [0.1, 0.15) is 5.82 Å². The van der Waals surface area contributed by atoms with Crippen molar-refractivity contribution in [2.45, 2.75) is 18.8 Å². The van der Waals surface area contributed by atoms with Gasteiger partial charge in [-0.15, -0.1) is 23.2 Å². The maximum Gasteiger partial charge on any atom is 0.123 e. The molecule has 0 fully saturated rings. The number of hydrogen-bond acceptors (Lipinski definition) is 1. The van der Waals surface area contributed by atoms with Crippen LogP contribution >= 0.6 is 39.1 Å². The second-order valence-electron chi connectivity index (χ2n) is 5.20. The third-order valence-electron chi connectivity index (χ3n) is 3.74. The minimum Gasteiger partial charge on any atom is -0.271 e. The summed E-state index contributed by atoms with van der Waals surface area (Å²) < 4.78 is 15.9. The largest absolute Gasteiger partial charge is 0.271 e. The van der Waals surface area contributed by atoms with Crippen molar-refractivity contribution in [2.75, 3.05) is 11.8 Å². The number of benzene rings is 1. The van der Waals surface area contributed by atoms with E-state index < -0.39 is 5.41 Å². The van der Waals surface area contributed by atoms with Crippen molar-refractivity contribution in [3.05, 3.63) is 51.5 Å². The Balaban J connectivity index is 2.45. The molecule has 1 aromatic carbocycles. The molecule has 1 heterocycles. The second kappa shape index (κ2) is 6.67. The molecule has 6 heteroatoms. The summed E-state index contributed by atoms with van der Waals surface area (Å²) in [5, 5.41) is 4.39. The molecule has 2 nitrogen and oxygen atoms in total. The van der Waals surface area contributed by atoms with E-state index in [0.717, 1.165) is 21.4 Å². The van der Waals surface area contributed by atoms with Crippen molar-refractivity contribution in [2.24, 2.45) is 7.05 Å². The van der Waals surface area contributed by atoms with Gasteiger partial charge < -0.3 is 0 Å². The van der Waals surface area contributed by atoms with Gasteiger partial charge in [0.2, 0.25) is 0 Å². The Bertz CT molecular complexity index is 621. The fraction of sp³-hybridized carbons (Fsp3) is 0.400. The van der Waals surface area contributed by atoms with Gasteiger partial charge in [-0.05, 0) is 40.5 Å². The van der Waals surface area contributed by atoms with Crippen LogP contribution in [0, 0.1) is 12.7 Å². The highest BCUT2D eigenvalue weighted by molar-refractivity contribution is 9.10. The lowest BCUT2D eigenvalue weighted by Gasteiger charge is -2.30. The minimum absolute atomic E-state index is 0.269. The van der Waals surface area contributed by atoms with E-state index in [1.54, 1.807) is 12.1 Å². The summed E-state index contributed by atoms with van der Waals surface area (Å²) in [6.45, 7) is 1.94. The van der Waals surface area contributed by atoms with Crippen LogP contribution in [-0.2, 0) is 18.9 Å². The summed E-state index contributed by atoms with van der Waals surface area (Å²) in [7, 11) is 1.89. The zero-order valence-corrected chi connectivity index (χ0v) is 14.9. The molecule has 0 aliphatic carbocycles. The van der Waals surface area contributed by atoms with Crippen molar-refractivity contribution < 1.29 is 4.39 Å². The normalized spacial score (nSPS) is 11.9. The monoisotopic (exact) mass is 392 g/mol. The van der Waals surface area contributed by atoms with E-state index in [-0.39, 0.29) is 5.82 Å². The highest BCUT2D eigenvalue weighted by atomic mass is 79.9. The van der Waals surface area contributed by atoms with Crippen LogP contribution in [0.25, 0.3) is 0 Å². The number of alkyl halides is 2. The predicted octanol–water partition coefficient (Wildman–Crippen LogP) is 4.59. The zero-order valence-electron chi connectivity index (χ0n) is 11.8. The van der Waals surface area contributed by atoms with E-state index in [4.69, 9.17) is 23.2 Å². The molecule has 0 bridgehead atoms. The van der Waals surface area contributed by atoms with Crippen LogP contribution in [0.1, 0.15) is 17.0 Å². The van der Waals surface area contributed by atoms with Gasteiger partial charge in [0.25, 0.3) is 0 Å². The van der Waals surface area contributed by atoms with E-state index in [9.17, 15) is 4.39 Å². The molecule has 0 atom stereocenters. The first-order chi connectivity index (χ1) is 9.93. The molecule has 0 amide bonds. The summed E-state index contributed by atoms with van der Waals surface area (Å²) in [5.41, 5.74) is 2.42. The van der Waals surface area contributed by atoms with E-state index in [2.05, 4.69) is 21.0 Å². The minimum atomic E-state index is -0.459. The van der Waals surface area contributed by atoms with Crippen LogP contribution in [0.3, 0.4) is 0 Å². The molecule has 0 aliphatic rings. The van der Waals surface area contributed by atoms with Crippen LogP contribution in [0.2, 0.25) is 0 Å². The van der Waals surface area contributed by atoms with Crippen LogP contribution < -0.4 is 0 Å². The summed E-state index contributed by atoms with van der Waals surface area (Å²) in [6, 6.07) is 6.37. The maximum absolute atomic E-state index is 13.2. The Kier molecular flexibility index (Phi) is 5.33. The van der Waals surface area contributed by atoms with E-state index in [1.165, 1.54) is 12.1 Å². The average Bonchev–Trinajstić information content (AvgIpc) is 2.72. The summed E-state index contributed by atoms with van der Waals surface area (Å²) >= 11 is 16.0. The number of halogens is 4. The fourth-order valence-electron chi connectivity index (χ4n) is 2.38. The lowest BCUT2D eigenvalue weighted by Crippen LogP contribution is -2.34. The van der Waals surface area contributed by atoms with Gasteiger partial charge in [-0.2, -0.15) is 5.10 Å². The lowest BCUT2D eigenvalue weighted by atomic mass is 9.80. The lowest BCUT2D eigenvalue weighted by molar-refractivity contribution is 0.508. The summed E-state index contributed by atoms with van der Waals surface area (Å²) in [4.78, 5) is 0. The summed E-state index contributed by atoms with van der Waals surface area (Å²) in [5.74, 6) is 0.423. The van der Waals surface area contributed by atoms with Crippen molar-refractivity contribution in [1.82, 2.24) is 9.78 Å². The average molecular weight is 394 g/mol. The Morgan fingerprint density at radius 3 is 2.24 bits per heavy atom. The van der Waals surface area contributed by atoms with Gasteiger partial charge in [-0.3, -0.25) is 4.68 Å². The maximum atomic E-state index is 13.2. The first kappa shape index (κ1) is 16.8. The Morgan fingerprint density at radius 2 is 1.81 bits per heavy atom. The molecule has 2 aromatic rings. The molecule has 114 valence electrons. The van der Waals surface area contributed by atoms with Crippen LogP contribution in [0.4, 0.5) is 4.39 Å². The van der Waals surface area contributed by atoms with Gasteiger partial charge >= 0.3 is 0 Å². The van der Waals surface area contributed by atoms with E-state index in [0.29, 0.717) is 18.2 Å². The molecular weight excluding hydrogens is 378 g/mol. The number of nitrogens with zero attached hydrogens (tertiary/aromatic N) is 2. The standard InChI is InChI=1S/C15H16BrCl2FN2/c1-10-14(16)13(21(2)20-10)7-15(8-17,9-18)11-3-5-12(19)6-4-11/h3-6H,7-9H2,1-2H3. The van der Waals surface area contributed by atoms with Crippen LogP contribution in [0.15, 0.2) is 28.7 Å². The van der Waals surface area contributed by atoms with Gasteiger partial charge in [0, 0.05) is 30.6 Å². The van der Waals surface area contributed by atoms with Gasteiger partial charge in [-0.1, -0.05) is 12.1 Å². The third kappa shape index (κ3) is 3.27. The number of hydrogen-bond donors (Lipinski definition) is 0. The molecule has 21 heavy (non-hydrogen) atoms. The van der Waals surface area contributed by atoms with Gasteiger partial charge in [-0.25, -0.2) is 4.39 Å². The molecule has 1 aromatic heterocycles. The quantitative estimate of drug-likeness (QED) is 0.679. The van der Waals surface area contributed by atoms with Crippen molar-refractivity contribution >= 4 is 39.1 Å². The molecule has 0 saturated carbocycles. The molecular formula is C15H16BrCl2FN2. The molecule has 0 aliphatic heterocycles. The molecule has 0 unspecified atom stereocenters. The zero-order chi connectivity index (χ0) is 15.6. The molecule has 0 spiro atoms. The Morgan fingerprint density at radius 1 is 1.24 bits per heavy atom. The van der Waals surface area contributed by atoms with E-state index in [1.807, 2.05) is 18.7 Å². The number of aryl methyl sites for hydroxylation is 2. The smallest absolute Gasteiger partial charge is 0.123 e. The first-order valence-electron chi connectivity index (χ1n) is 6.49. The third-order valence-corrected chi connectivity index (χ3v) is 5.79. The topological polar surface area (TPSA) is 17.8 Å². The second-order valence-corrected chi connectivity index (χ2v) is 6.53. The molecule has 0 radical (unpaired) electrons. The predicted molar refractivity (Wildman–Crippen MR) is 88.9 cm³/mol. The number of rotatable bonds is 5. The Hall–Kier alpha value is -0.580. The SMILES string of the molecule is Cc1nn(C)c(CC(CCl)(CCl)c2ccc(F)cc2)c1Br. The van der Waals surface area contributed by atoms with Gasteiger partial charge in [0.05, 0.1) is 15.9 Å². The fourth-order valence-corrected chi connectivity index (χ4v) is 3.64. The summed E-state index contributed by atoms with van der Waals surface area (Å²) in [6.07, 6.45) is 0.629. The molecule has 0 saturated heterocycles. The van der Waals surface area contributed by atoms with Crippen molar-refractivity contribution in [3.8, 4) is 0 Å². The van der Waals surface area contributed by atoms with Crippen molar-refractivity contribution in [1.29, 1.82) is 0 Å². The van der Waals surface area contributed by atoms with Crippen molar-refractivity contribution in [3.63, 3.8) is 0 Å². The Labute approximate surface area is 142 Å². The van der Waals surface area contributed by atoms with Crippen LogP contribution in [-0.4, -0.2) is 21.5 Å².